The van der Waals surface area contributed by atoms with E-state index >= 15 is 0 Å². The Kier molecular flexibility index (Phi) is 6.05. The standard InChI is InChI=1S/C19H21N3O5S/c23-19(20-13-14-8-10-17(11-9-14)22(24)25)15-4-3-7-18(12-15)28(26,27)21-16-5-1-2-6-16/h3-4,7-12,16,21H,1-2,5-6,13H2,(H,20,23). The van der Waals surface area contributed by atoms with Gasteiger partial charge >= 0.3 is 0 Å². The van der Waals surface area contributed by atoms with Gasteiger partial charge in [-0.1, -0.05) is 31.0 Å². The maximum atomic E-state index is 12.5. The van der Waals surface area contributed by atoms with Gasteiger partial charge in [0.15, 0.2) is 0 Å². The summed E-state index contributed by atoms with van der Waals surface area (Å²) in [4.78, 5) is 22.6. The topological polar surface area (TPSA) is 118 Å². The zero-order valence-corrected chi connectivity index (χ0v) is 15.9. The molecule has 1 aliphatic carbocycles. The molecule has 0 atom stereocenters. The van der Waals surface area contributed by atoms with Crippen LogP contribution in [0.25, 0.3) is 0 Å². The van der Waals surface area contributed by atoms with Crippen molar-refractivity contribution in [2.75, 3.05) is 0 Å². The van der Waals surface area contributed by atoms with Crippen molar-refractivity contribution in [3.05, 3.63) is 69.8 Å². The maximum absolute atomic E-state index is 12.5. The van der Waals surface area contributed by atoms with Crippen molar-refractivity contribution in [1.29, 1.82) is 0 Å². The molecule has 2 aromatic rings. The number of non-ortho nitro benzene ring substituents is 1. The number of hydrogen-bond donors (Lipinski definition) is 2. The second-order valence-electron chi connectivity index (χ2n) is 6.74. The average molecular weight is 403 g/mol. The normalized spacial score (nSPS) is 14.7. The minimum absolute atomic E-state index is 0.0252. The van der Waals surface area contributed by atoms with Crippen LogP contribution in [-0.4, -0.2) is 25.3 Å². The highest BCUT2D eigenvalue weighted by Gasteiger charge is 2.23. The number of benzene rings is 2. The summed E-state index contributed by atoms with van der Waals surface area (Å²) in [5.74, 6) is -0.420. The Morgan fingerprint density at radius 3 is 2.43 bits per heavy atom. The first-order valence-corrected chi connectivity index (χ1v) is 10.5. The molecule has 0 aromatic heterocycles. The minimum atomic E-state index is -3.67. The fourth-order valence-corrected chi connectivity index (χ4v) is 4.51. The number of nitro benzene ring substituents is 1. The van der Waals surface area contributed by atoms with Crippen LogP contribution < -0.4 is 10.0 Å². The smallest absolute Gasteiger partial charge is 0.269 e. The predicted octanol–water partition coefficient (Wildman–Crippen LogP) is 2.75. The van der Waals surface area contributed by atoms with Crippen LogP contribution >= 0.6 is 0 Å². The molecular weight excluding hydrogens is 382 g/mol. The molecule has 0 spiro atoms. The minimum Gasteiger partial charge on any atom is -0.348 e. The summed E-state index contributed by atoms with van der Waals surface area (Å²) in [6, 6.07) is 11.7. The van der Waals surface area contributed by atoms with Gasteiger partial charge in [0.05, 0.1) is 9.82 Å². The van der Waals surface area contributed by atoms with Crippen molar-refractivity contribution in [2.45, 2.75) is 43.2 Å². The number of nitro groups is 1. The molecule has 1 amide bonds. The summed E-state index contributed by atoms with van der Waals surface area (Å²) in [6.07, 6.45) is 3.68. The van der Waals surface area contributed by atoms with E-state index in [0.717, 1.165) is 25.7 Å². The molecule has 3 rings (SSSR count). The van der Waals surface area contributed by atoms with Crippen LogP contribution in [0.2, 0.25) is 0 Å². The second-order valence-corrected chi connectivity index (χ2v) is 8.45. The number of nitrogens with one attached hydrogen (secondary N) is 2. The van der Waals surface area contributed by atoms with E-state index in [9.17, 15) is 23.3 Å². The quantitative estimate of drug-likeness (QED) is 0.544. The van der Waals surface area contributed by atoms with Crippen LogP contribution in [0.1, 0.15) is 41.6 Å². The number of sulfonamides is 1. The molecule has 2 aromatic carbocycles. The first kappa shape index (κ1) is 20.0. The fraction of sp³-hybridized carbons (Fsp3) is 0.316. The molecule has 2 N–H and O–H groups in total. The lowest BCUT2D eigenvalue weighted by molar-refractivity contribution is -0.384. The fourth-order valence-electron chi connectivity index (χ4n) is 3.16. The molecule has 28 heavy (non-hydrogen) atoms. The van der Waals surface area contributed by atoms with Gasteiger partial charge in [-0.15, -0.1) is 0 Å². The van der Waals surface area contributed by atoms with Gasteiger partial charge in [0.2, 0.25) is 10.0 Å². The predicted molar refractivity (Wildman–Crippen MR) is 103 cm³/mol. The van der Waals surface area contributed by atoms with Crippen LogP contribution in [0.4, 0.5) is 5.69 Å². The number of amides is 1. The zero-order chi connectivity index (χ0) is 20.1. The lowest BCUT2D eigenvalue weighted by Crippen LogP contribution is -2.32. The van der Waals surface area contributed by atoms with Crippen molar-refractivity contribution in [2.24, 2.45) is 0 Å². The first-order chi connectivity index (χ1) is 13.3. The van der Waals surface area contributed by atoms with Gasteiger partial charge in [-0.05, 0) is 36.6 Å². The van der Waals surface area contributed by atoms with Crippen LogP contribution in [0, 0.1) is 10.1 Å². The van der Waals surface area contributed by atoms with E-state index in [-0.39, 0.29) is 28.7 Å². The molecule has 1 aliphatic rings. The van der Waals surface area contributed by atoms with E-state index in [0.29, 0.717) is 5.56 Å². The van der Waals surface area contributed by atoms with Crippen molar-refractivity contribution >= 4 is 21.6 Å². The van der Waals surface area contributed by atoms with Crippen LogP contribution in [0.5, 0.6) is 0 Å². The van der Waals surface area contributed by atoms with Crippen molar-refractivity contribution in [3.8, 4) is 0 Å². The summed E-state index contributed by atoms with van der Waals surface area (Å²) < 4.78 is 27.8. The monoisotopic (exact) mass is 403 g/mol. The SMILES string of the molecule is O=C(NCc1ccc([N+](=O)[O-])cc1)c1cccc(S(=O)(=O)NC2CCCC2)c1. The number of carbonyl (C=O) groups is 1. The largest absolute Gasteiger partial charge is 0.348 e. The van der Waals surface area contributed by atoms with E-state index in [1.807, 2.05) is 0 Å². The van der Waals surface area contributed by atoms with Gasteiger partial charge in [-0.25, -0.2) is 13.1 Å². The summed E-state index contributed by atoms with van der Waals surface area (Å²) in [5, 5.41) is 13.4. The Balaban J connectivity index is 1.65. The Morgan fingerprint density at radius 2 is 1.79 bits per heavy atom. The van der Waals surface area contributed by atoms with Gasteiger partial charge < -0.3 is 5.32 Å². The molecule has 0 unspecified atom stereocenters. The molecule has 9 heteroatoms. The van der Waals surface area contributed by atoms with E-state index in [4.69, 9.17) is 0 Å². The van der Waals surface area contributed by atoms with E-state index in [2.05, 4.69) is 10.0 Å². The Hall–Kier alpha value is -2.78. The average Bonchev–Trinajstić information content (AvgIpc) is 3.19. The highest BCUT2D eigenvalue weighted by molar-refractivity contribution is 7.89. The molecule has 8 nitrogen and oxygen atoms in total. The third-order valence-electron chi connectivity index (χ3n) is 4.68. The van der Waals surface area contributed by atoms with Crippen molar-refractivity contribution in [3.63, 3.8) is 0 Å². The van der Waals surface area contributed by atoms with E-state index in [1.165, 1.54) is 30.3 Å². The van der Waals surface area contributed by atoms with Crippen molar-refractivity contribution in [1.82, 2.24) is 10.0 Å². The number of carbonyl (C=O) groups excluding carboxylic acids is 1. The van der Waals surface area contributed by atoms with Gasteiger partial charge in [-0.3, -0.25) is 14.9 Å². The molecule has 1 saturated carbocycles. The number of nitrogens with zero attached hydrogens (tertiary/aromatic N) is 1. The maximum Gasteiger partial charge on any atom is 0.269 e. The Bertz CT molecular complexity index is 967. The summed E-state index contributed by atoms with van der Waals surface area (Å²) in [5.41, 5.74) is 0.907. The lowest BCUT2D eigenvalue weighted by atomic mass is 10.2. The van der Waals surface area contributed by atoms with Crippen LogP contribution in [0.3, 0.4) is 0 Å². The van der Waals surface area contributed by atoms with E-state index < -0.39 is 20.9 Å². The van der Waals surface area contributed by atoms with Crippen LogP contribution in [0.15, 0.2) is 53.4 Å². The van der Waals surface area contributed by atoms with E-state index in [1.54, 1.807) is 18.2 Å². The summed E-state index contributed by atoms with van der Waals surface area (Å²) in [6.45, 7) is 0.175. The molecular formula is C19H21N3O5S. The van der Waals surface area contributed by atoms with Gasteiger partial charge in [0.25, 0.3) is 11.6 Å². The molecule has 0 radical (unpaired) electrons. The molecule has 0 heterocycles. The second kappa shape index (κ2) is 8.49. The number of hydrogen-bond acceptors (Lipinski definition) is 5. The van der Waals surface area contributed by atoms with Gasteiger partial charge in [0.1, 0.15) is 0 Å². The van der Waals surface area contributed by atoms with Gasteiger partial charge in [-0.2, -0.15) is 0 Å². The van der Waals surface area contributed by atoms with Crippen molar-refractivity contribution < 1.29 is 18.1 Å². The highest BCUT2D eigenvalue weighted by Crippen LogP contribution is 2.21. The molecule has 0 saturated heterocycles. The van der Waals surface area contributed by atoms with Gasteiger partial charge in [0, 0.05) is 30.3 Å². The van der Waals surface area contributed by atoms with Crippen LogP contribution in [-0.2, 0) is 16.6 Å². The summed E-state index contributed by atoms with van der Waals surface area (Å²) >= 11 is 0. The third kappa shape index (κ3) is 4.93. The summed E-state index contributed by atoms with van der Waals surface area (Å²) in [7, 11) is -3.67. The highest BCUT2D eigenvalue weighted by atomic mass is 32.2. The third-order valence-corrected chi connectivity index (χ3v) is 6.20. The Labute approximate surface area is 163 Å². The molecule has 0 bridgehead atoms. The molecule has 148 valence electrons. The molecule has 0 aliphatic heterocycles. The molecule has 1 fully saturated rings. The zero-order valence-electron chi connectivity index (χ0n) is 15.1. The Morgan fingerprint density at radius 1 is 1.11 bits per heavy atom. The first-order valence-electron chi connectivity index (χ1n) is 8.99. The lowest BCUT2D eigenvalue weighted by Gasteiger charge is -2.13. The number of rotatable bonds is 7.